The third-order valence-electron chi connectivity index (χ3n) is 3.40. The second-order valence-electron chi connectivity index (χ2n) is 5.27. The third kappa shape index (κ3) is 4.03. The Morgan fingerprint density at radius 2 is 2.04 bits per heavy atom. The molecule has 2 rings (SSSR count). The van der Waals surface area contributed by atoms with Gasteiger partial charge in [-0.15, -0.1) is 0 Å². The molecular formula is C16H16FN3O4. The van der Waals surface area contributed by atoms with E-state index in [9.17, 15) is 19.1 Å². The van der Waals surface area contributed by atoms with Gasteiger partial charge in [0.25, 0.3) is 5.91 Å². The van der Waals surface area contributed by atoms with Crippen molar-refractivity contribution in [1.82, 2.24) is 15.3 Å². The molecule has 0 saturated heterocycles. The lowest BCUT2D eigenvalue weighted by atomic mass is 10.0. The average molecular weight is 333 g/mol. The van der Waals surface area contributed by atoms with E-state index in [1.807, 2.05) is 0 Å². The van der Waals surface area contributed by atoms with Gasteiger partial charge in [0.2, 0.25) is 0 Å². The highest BCUT2D eigenvalue weighted by atomic mass is 19.1. The Labute approximate surface area is 137 Å². The molecular weight excluding hydrogens is 317 g/mol. The first kappa shape index (κ1) is 17.3. The number of benzene rings is 1. The quantitative estimate of drug-likeness (QED) is 0.762. The second-order valence-corrected chi connectivity index (χ2v) is 5.27. The van der Waals surface area contributed by atoms with E-state index in [1.165, 1.54) is 12.3 Å². The number of halogens is 1. The van der Waals surface area contributed by atoms with Gasteiger partial charge in [-0.2, -0.15) is 0 Å². The van der Waals surface area contributed by atoms with Gasteiger partial charge in [0.05, 0.1) is 11.3 Å². The summed E-state index contributed by atoms with van der Waals surface area (Å²) in [6.45, 7) is 3.29. The molecule has 0 fully saturated rings. The maximum atomic E-state index is 13.3. The number of aromatic hydroxyl groups is 1. The molecule has 1 aromatic heterocycles. The topological polar surface area (TPSA) is 112 Å². The lowest BCUT2D eigenvalue weighted by molar-refractivity contribution is -0.139. The monoisotopic (exact) mass is 333 g/mol. The number of carboxylic acid groups (broad SMARTS) is 1. The summed E-state index contributed by atoms with van der Waals surface area (Å²) >= 11 is 0. The SMILES string of the molecule is Cc1ncc(C(=O)NC(Cc2ccc(O)c(F)c2)C(=O)O)c(C)n1. The van der Waals surface area contributed by atoms with Crippen molar-refractivity contribution in [2.24, 2.45) is 0 Å². The summed E-state index contributed by atoms with van der Waals surface area (Å²) in [5.41, 5.74) is 0.929. The van der Waals surface area contributed by atoms with Crippen LogP contribution in [0.25, 0.3) is 0 Å². The molecule has 1 heterocycles. The fraction of sp³-hybridized carbons (Fsp3) is 0.250. The molecule has 2 aromatic rings. The van der Waals surface area contributed by atoms with E-state index < -0.39 is 29.5 Å². The van der Waals surface area contributed by atoms with Crippen LogP contribution in [0, 0.1) is 19.7 Å². The summed E-state index contributed by atoms with van der Waals surface area (Å²) in [6, 6.07) is 2.28. The van der Waals surface area contributed by atoms with Crippen LogP contribution in [0.3, 0.4) is 0 Å². The summed E-state index contributed by atoms with van der Waals surface area (Å²) in [5, 5.41) is 20.8. The number of aryl methyl sites for hydroxylation is 2. The number of nitrogens with one attached hydrogen (secondary N) is 1. The van der Waals surface area contributed by atoms with E-state index in [0.29, 0.717) is 17.1 Å². The summed E-state index contributed by atoms with van der Waals surface area (Å²) in [6.07, 6.45) is 1.19. The zero-order valence-corrected chi connectivity index (χ0v) is 13.1. The van der Waals surface area contributed by atoms with E-state index in [4.69, 9.17) is 5.11 Å². The highest BCUT2D eigenvalue weighted by molar-refractivity contribution is 5.97. The summed E-state index contributed by atoms with van der Waals surface area (Å²) in [5.74, 6) is -2.77. The molecule has 126 valence electrons. The fourth-order valence-electron chi connectivity index (χ4n) is 2.16. The minimum Gasteiger partial charge on any atom is -0.505 e. The van der Waals surface area contributed by atoms with Gasteiger partial charge in [0.15, 0.2) is 11.6 Å². The van der Waals surface area contributed by atoms with E-state index in [-0.39, 0.29) is 12.0 Å². The van der Waals surface area contributed by atoms with Gasteiger partial charge >= 0.3 is 5.97 Å². The molecule has 0 bridgehead atoms. The normalized spacial score (nSPS) is 11.8. The van der Waals surface area contributed by atoms with Crippen molar-refractivity contribution in [1.29, 1.82) is 0 Å². The minimum atomic E-state index is -1.26. The van der Waals surface area contributed by atoms with Gasteiger partial charge in [0, 0.05) is 12.6 Å². The van der Waals surface area contributed by atoms with Crippen molar-refractivity contribution in [3.8, 4) is 5.75 Å². The minimum absolute atomic E-state index is 0.135. The van der Waals surface area contributed by atoms with E-state index in [2.05, 4.69) is 15.3 Å². The van der Waals surface area contributed by atoms with Crippen LogP contribution in [-0.2, 0) is 11.2 Å². The first-order valence-electron chi connectivity index (χ1n) is 7.09. The molecule has 0 aliphatic rings. The molecule has 0 aliphatic carbocycles. The number of nitrogens with zero attached hydrogens (tertiary/aromatic N) is 2. The number of hydrogen-bond acceptors (Lipinski definition) is 5. The largest absolute Gasteiger partial charge is 0.505 e. The summed E-state index contributed by atoms with van der Waals surface area (Å²) < 4.78 is 13.3. The third-order valence-corrected chi connectivity index (χ3v) is 3.40. The number of amides is 1. The fourth-order valence-corrected chi connectivity index (χ4v) is 2.16. The van der Waals surface area contributed by atoms with Crippen LogP contribution in [-0.4, -0.2) is 38.1 Å². The highest BCUT2D eigenvalue weighted by Crippen LogP contribution is 2.17. The Morgan fingerprint density at radius 3 is 2.62 bits per heavy atom. The Hall–Kier alpha value is -3.03. The van der Waals surface area contributed by atoms with Gasteiger partial charge in [-0.3, -0.25) is 4.79 Å². The molecule has 0 aliphatic heterocycles. The van der Waals surface area contributed by atoms with E-state index in [1.54, 1.807) is 13.8 Å². The Balaban J connectivity index is 2.17. The van der Waals surface area contributed by atoms with Crippen molar-refractivity contribution in [3.63, 3.8) is 0 Å². The molecule has 1 amide bonds. The molecule has 7 nitrogen and oxygen atoms in total. The number of carbonyl (C=O) groups excluding carboxylic acids is 1. The van der Waals surface area contributed by atoms with Gasteiger partial charge in [-0.25, -0.2) is 19.2 Å². The molecule has 1 atom stereocenters. The number of rotatable bonds is 5. The van der Waals surface area contributed by atoms with Crippen molar-refractivity contribution in [2.75, 3.05) is 0 Å². The number of aromatic nitrogens is 2. The van der Waals surface area contributed by atoms with Crippen LogP contribution in [0.1, 0.15) is 27.4 Å². The van der Waals surface area contributed by atoms with Crippen molar-refractivity contribution >= 4 is 11.9 Å². The standard InChI is InChI=1S/C16H16FN3O4/c1-8-11(7-18-9(2)19-8)15(22)20-13(16(23)24)6-10-3-4-14(21)12(17)5-10/h3-5,7,13,21H,6H2,1-2H3,(H,20,22)(H,23,24). The molecule has 0 saturated carbocycles. The van der Waals surface area contributed by atoms with Crippen LogP contribution >= 0.6 is 0 Å². The predicted octanol–water partition coefficient (Wildman–Crippen LogP) is 1.36. The van der Waals surface area contributed by atoms with Crippen LogP contribution in [0.5, 0.6) is 5.75 Å². The zero-order chi connectivity index (χ0) is 17.9. The van der Waals surface area contributed by atoms with Crippen molar-refractivity contribution in [2.45, 2.75) is 26.3 Å². The summed E-state index contributed by atoms with van der Waals surface area (Å²) in [4.78, 5) is 31.6. The number of phenolic OH excluding ortho intramolecular Hbond substituents is 1. The lowest BCUT2D eigenvalue weighted by Gasteiger charge is -2.15. The zero-order valence-electron chi connectivity index (χ0n) is 13.1. The molecule has 1 aromatic carbocycles. The van der Waals surface area contributed by atoms with E-state index >= 15 is 0 Å². The highest BCUT2D eigenvalue weighted by Gasteiger charge is 2.23. The maximum Gasteiger partial charge on any atom is 0.326 e. The molecule has 0 radical (unpaired) electrons. The van der Waals surface area contributed by atoms with Crippen LogP contribution in [0.2, 0.25) is 0 Å². The van der Waals surface area contributed by atoms with E-state index in [0.717, 1.165) is 12.1 Å². The molecule has 0 spiro atoms. The van der Waals surface area contributed by atoms with Gasteiger partial charge < -0.3 is 15.5 Å². The van der Waals surface area contributed by atoms with Gasteiger partial charge in [-0.05, 0) is 31.5 Å². The van der Waals surface area contributed by atoms with Crippen LogP contribution in [0.15, 0.2) is 24.4 Å². The first-order valence-corrected chi connectivity index (χ1v) is 7.09. The average Bonchev–Trinajstić information content (AvgIpc) is 2.50. The van der Waals surface area contributed by atoms with Crippen LogP contribution in [0.4, 0.5) is 4.39 Å². The maximum absolute atomic E-state index is 13.3. The lowest BCUT2D eigenvalue weighted by Crippen LogP contribution is -2.42. The molecule has 8 heteroatoms. The smallest absolute Gasteiger partial charge is 0.326 e. The first-order chi connectivity index (χ1) is 11.3. The molecule has 24 heavy (non-hydrogen) atoms. The number of phenols is 1. The number of carboxylic acids is 1. The molecule has 3 N–H and O–H groups in total. The Bertz CT molecular complexity index is 795. The second kappa shape index (κ2) is 7.03. The molecule has 1 unspecified atom stereocenters. The van der Waals surface area contributed by atoms with Crippen LogP contribution < -0.4 is 5.32 Å². The van der Waals surface area contributed by atoms with Gasteiger partial charge in [-0.1, -0.05) is 6.07 Å². The predicted molar refractivity (Wildman–Crippen MR) is 82.2 cm³/mol. The van der Waals surface area contributed by atoms with Crippen molar-refractivity contribution < 1.29 is 24.2 Å². The van der Waals surface area contributed by atoms with Crippen molar-refractivity contribution in [3.05, 3.63) is 52.9 Å². The van der Waals surface area contributed by atoms with Gasteiger partial charge in [0.1, 0.15) is 11.9 Å². The number of aliphatic carboxylic acids is 1. The Morgan fingerprint density at radius 1 is 1.33 bits per heavy atom. The Kier molecular flexibility index (Phi) is 5.08. The summed E-state index contributed by atoms with van der Waals surface area (Å²) in [7, 11) is 0. The number of carbonyl (C=O) groups is 2. The number of hydrogen-bond donors (Lipinski definition) is 3.